The summed E-state index contributed by atoms with van der Waals surface area (Å²) < 4.78 is 5.44. The van der Waals surface area contributed by atoms with Crippen LogP contribution in [0.3, 0.4) is 0 Å². The Morgan fingerprint density at radius 1 is 1.75 bits per heavy atom. The molecule has 0 saturated carbocycles. The molecule has 0 aromatic carbocycles. The summed E-state index contributed by atoms with van der Waals surface area (Å²) in [5.41, 5.74) is 1.18. The molecule has 0 amide bonds. The maximum absolute atomic E-state index is 11.2. The second-order valence-electron chi connectivity index (χ2n) is 2.23. The second-order valence-corrected chi connectivity index (χ2v) is 2.99. The van der Waals surface area contributed by atoms with Crippen LogP contribution >= 0.6 is 15.9 Å². The van der Waals surface area contributed by atoms with Crippen LogP contribution in [0.1, 0.15) is 23.0 Å². The second kappa shape index (κ2) is 3.71. The minimum absolute atomic E-state index is 0.367. The lowest BCUT2D eigenvalue weighted by molar-refractivity contribution is 0.0518. The number of aromatic nitrogens is 2. The van der Waals surface area contributed by atoms with E-state index >= 15 is 0 Å². The molecule has 1 aromatic rings. The molecule has 1 N–H and O–H groups in total. The number of nitrogens with zero attached hydrogens (tertiary/aromatic N) is 1. The molecule has 0 spiro atoms. The van der Waals surface area contributed by atoms with Crippen molar-refractivity contribution in [2.75, 3.05) is 6.61 Å². The summed E-state index contributed by atoms with van der Waals surface area (Å²) in [5.74, 6) is -0.367. The van der Waals surface area contributed by atoms with Crippen LogP contribution in [0.4, 0.5) is 0 Å². The summed E-state index contributed by atoms with van der Waals surface area (Å²) >= 11 is 3.19. The highest BCUT2D eigenvalue weighted by Gasteiger charge is 2.14. The molecule has 66 valence electrons. The van der Waals surface area contributed by atoms with Gasteiger partial charge in [-0.2, -0.15) is 5.10 Å². The first-order valence-corrected chi connectivity index (χ1v) is 4.33. The van der Waals surface area contributed by atoms with E-state index in [2.05, 4.69) is 26.1 Å². The van der Waals surface area contributed by atoms with Crippen LogP contribution in [-0.4, -0.2) is 22.8 Å². The smallest absolute Gasteiger partial charge is 0.356 e. The number of hydrogen-bond donors (Lipinski definition) is 1. The van der Waals surface area contributed by atoms with Crippen LogP contribution in [0.25, 0.3) is 0 Å². The maximum atomic E-state index is 11.2. The largest absolute Gasteiger partial charge is 0.461 e. The molecule has 0 aliphatic heterocycles. The minimum Gasteiger partial charge on any atom is -0.461 e. The van der Waals surface area contributed by atoms with E-state index in [-0.39, 0.29) is 5.97 Å². The molecule has 0 aliphatic rings. The molecule has 4 nitrogen and oxygen atoms in total. The van der Waals surface area contributed by atoms with Gasteiger partial charge in [-0.1, -0.05) is 0 Å². The number of nitrogens with one attached hydrogen (secondary N) is 1. The Bertz CT molecular complexity index is 296. The first kappa shape index (κ1) is 9.25. The molecule has 1 rings (SSSR count). The van der Waals surface area contributed by atoms with Crippen molar-refractivity contribution in [1.29, 1.82) is 0 Å². The highest BCUT2D eigenvalue weighted by molar-refractivity contribution is 9.10. The molecular weight excluding hydrogens is 224 g/mol. The molecule has 5 heteroatoms. The van der Waals surface area contributed by atoms with E-state index in [1.165, 1.54) is 0 Å². The van der Waals surface area contributed by atoms with E-state index in [9.17, 15) is 4.79 Å². The topological polar surface area (TPSA) is 55.0 Å². The van der Waals surface area contributed by atoms with Gasteiger partial charge in [-0.15, -0.1) is 0 Å². The van der Waals surface area contributed by atoms with Crippen molar-refractivity contribution in [3.05, 3.63) is 15.9 Å². The Hall–Kier alpha value is -0.840. The molecule has 0 fully saturated rings. The SMILES string of the molecule is CCOC(=O)c1[nH]nc(Br)c1C. The summed E-state index contributed by atoms with van der Waals surface area (Å²) in [7, 11) is 0. The van der Waals surface area contributed by atoms with Crippen LogP contribution in [0.2, 0.25) is 0 Å². The molecule has 12 heavy (non-hydrogen) atoms. The average Bonchev–Trinajstić information content (AvgIpc) is 2.34. The normalized spacial score (nSPS) is 9.92. The predicted molar refractivity (Wildman–Crippen MR) is 47.0 cm³/mol. The van der Waals surface area contributed by atoms with Gasteiger partial charge >= 0.3 is 5.97 Å². The van der Waals surface area contributed by atoms with Gasteiger partial charge in [-0.25, -0.2) is 4.79 Å². The number of aromatic amines is 1. The Balaban J connectivity index is 2.88. The molecule has 0 radical (unpaired) electrons. The first-order chi connectivity index (χ1) is 5.66. The fourth-order valence-electron chi connectivity index (χ4n) is 0.778. The zero-order valence-electron chi connectivity index (χ0n) is 6.85. The third-order valence-corrected chi connectivity index (χ3v) is 2.20. The van der Waals surface area contributed by atoms with Crippen molar-refractivity contribution in [2.45, 2.75) is 13.8 Å². The highest BCUT2D eigenvalue weighted by atomic mass is 79.9. The van der Waals surface area contributed by atoms with Crippen LogP contribution in [-0.2, 0) is 4.74 Å². The Labute approximate surface area is 78.4 Å². The average molecular weight is 233 g/mol. The minimum atomic E-state index is -0.367. The molecule has 0 atom stereocenters. The third kappa shape index (κ3) is 1.66. The van der Waals surface area contributed by atoms with Crippen molar-refractivity contribution in [2.24, 2.45) is 0 Å². The van der Waals surface area contributed by atoms with Crippen molar-refractivity contribution in [1.82, 2.24) is 10.2 Å². The summed E-state index contributed by atoms with van der Waals surface area (Å²) in [6, 6.07) is 0. The number of esters is 1. The number of rotatable bonds is 2. The van der Waals surface area contributed by atoms with Crippen molar-refractivity contribution in [3.63, 3.8) is 0 Å². The monoisotopic (exact) mass is 232 g/mol. The van der Waals surface area contributed by atoms with Gasteiger partial charge < -0.3 is 4.74 Å². The van der Waals surface area contributed by atoms with Crippen molar-refractivity contribution in [3.8, 4) is 0 Å². The first-order valence-electron chi connectivity index (χ1n) is 3.54. The highest BCUT2D eigenvalue weighted by Crippen LogP contribution is 2.16. The van der Waals surface area contributed by atoms with E-state index in [1.54, 1.807) is 13.8 Å². The van der Waals surface area contributed by atoms with Crippen LogP contribution in [0.5, 0.6) is 0 Å². The maximum Gasteiger partial charge on any atom is 0.356 e. The fraction of sp³-hybridized carbons (Fsp3) is 0.429. The van der Waals surface area contributed by atoms with Gasteiger partial charge in [0.05, 0.1) is 6.61 Å². The number of ether oxygens (including phenoxy) is 1. The summed E-state index contributed by atoms with van der Waals surface area (Å²) in [6.45, 7) is 3.92. The predicted octanol–water partition coefficient (Wildman–Crippen LogP) is 1.66. The van der Waals surface area contributed by atoms with E-state index in [0.29, 0.717) is 16.9 Å². The Kier molecular flexibility index (Phi) is 2.86. The molecule has 1 aromatic heterocycles. The lowest BCUT2D eigenvalue weighted by Crippen LogP contribution is -2.06. The zero-order chi connectivity index (χ0) is 9.14. The van der Waals surface area contributed by atoms with Gasteiger partial charge in [0.2, 0.25) is 0 Å². The Morgan fingerprint density at radius 2 is 2.42 bits per heavy atom. The van der Waals surface area contributed by atoms with Gasteiger partial charge in [0.15, 0.2) is 0 Å². The Morgan fingerprint density at radius 3 is 2.83 bits per heavy atom. The lowest BCUT2D eigenvalue weighted by Gasteiger charge is -1.98. The molecule has 0 aliphatic carbocycles. The zero-order valence-corrected chi connectivity index (χ0v) is 8.43. The van der Waals surface area contributed by atoms with E-state index in [0.717, 1.165) is 5.56 Å². The lowest BCUT2D eigenvalue weighted by atomic mass is 10.3. The number of H-pyrrole nitrogens is 1. The number of carbonyl (C=O) groups is 1. The van der Waals surface area contributed by atoms with E-state index < -0.39 is 0 Å². The van der Waals surface area contributed by atoms with Crippen LogP contribution < -0.4 is 0 Å². The quantitative estimate of drug-likeness (QED) is 0.790. The molecule has 1 heterocycles. The van der Waals surface area contributed by atoms with Gasteiger partial charge in [-0.3, -0.25) is 5.10 Å². The van der Waals surface area contributed by atoms with Gasteiger partial charge in [0.25, 0.3) is 0 Å². The molecule has 0 bridgehead atoms. The van der Waals surface area contributed by atoms with Gasteiger partial charge in [-0.05, 0) is 29.8 Å². The summed E-state index contributed by atoms with van der Waals surface area (Å²) in [4.78, 5) is 11.2. The third-order valence-electron chi connectivity index (χ3n) is 1.43. The van der Waals surface area contributed by atoms with Crippen LogP contribution in [0.15, 0.2) is 4.60 Å². The van der Waals surface area contributed by atoms with Crippen molar-refractivity contribution >= 4 is 21.9 Å². The number of hydrogen-bond acceptors (Lipinski definition) is 3. The molecule has 0 saturated heterocycles. The van der Waals surface area contributed by atoms with E-state index in [4.69, 9.17) is 4.74 Å². The number of halogens is 1. The molecule has 0 unspecified atom stereocenters. The van der Waals surface area contributed by atoms with E-state index in [1.807, 2.05) is 0 Å². The summed E-state index contributed by atoms with van der Waals surface area (Å²) in [5, 5.41) is 6.40. The fourth-order valence-corrected chi connectivity index (χ4v) is 1.06. The molecular formula is C7H9BrN2O2. The van der Waals surface area contributed by atoms with Crippen molar-refractivity contribution < 1.29 is 9.53 Å². The van der Waals surface area contributed by atoms with Gasteiger partial charge in [0, 0.05) is 5.56 Å². The number of carbonyl (C=O) groups excluding carboxylic acids is 1. The standard InChI is InChI=1S/C7H9BrN2O2/c1-3-12-7(11)5-4(2)6(8)10-9-5/h3H2,1-2H3,(H,9,10). The van der Waals surface area contributed by atoms with Crippen LogP contribution in [0, 0.1) is 6.92 Å². The summed E-state index contributed by atoms with van der Waals surface area (Å²) in [6.07, 6.45) is 0. The van der Waals surface area contributed by atoms with Gasteiger partial charge in [0.1, 0.15) is 10.3 Å².